The Bertz CT molecular complexity index is 1200. The van der Waals surface area contributed by atoms with Gasteiger partial charge in [-0.2, -0.15) is 0 Å². The molecule has 0 saturated heterocycles. The van der Waals surface area contributed by atoms with Crippen molar-refractivity contribution in [2.45, 2.75) is 39.7 Å². The summed E-state index contributed by atoms with van der Waals surface area (Å²) in [4.78, 5) is 36.0. The Morgan fingerprint density at radius 1 is 1.06 bits per heavy atom. The quantitative estimate of drug-likeness (QED) is 0.491. The highest BCUT2D eigenvalue weighted by Crippen LogP contribution is 2.25. The van der Waals surface area contributed by atoms with Crippen molar-refractivity contribution in [3.05, 3.63) is 81.8 Å². The zero-order chi connectivity index (χ0) is 23.3. The second-order valence-corrected chi connectivity index (χ2v) is 7.62. The largest absolute Gasteiger partial charge is 0.505 e. The summed E-state index contributed by atoms with van der Waals surface area (Å²) in [5.41, 5.74) is 2.51. The number of aromatic nitrogens is 1. The first-order valence-corrected chi connectivity index (χ1v) is 10.5. The maximum absolute atomic E-state index is 13.0. The predicted octanol–water partition coefficient (Wildman–Crippen LogP) is 4.27. The third kappa shape index (κ3) is 5.06. The second-order valence-electron chi connectivity index (χ2n) is 7.62. The van der Waals surface area contributed by atoms with Crippen LogP contribution < -0.4 is 10.9 Å². The molecule has 7 nitrogen and oxygen atoms in total. The van der Waals surface area contributed by atoms with Crippen LogP contribution in [0, 0.1) is 0 Å². The first-order chi connectivity index (χ1) is 15.3. The number of hydrogen-bond acceptors (Lipinski definition) is 4. The topological polar surface area (TPSA) is 109 Å². The summed E-state index contributed by atoms with van der Waals surface area (Å²) in [5, 5.41) is 22.1. The highest BCUT2D eigenvalue weighted by molar-refractivity contribution is 5.96. The SMILES string of the molecule is CCCCc1cc(O)c(NC(C)=O)c(=O)n1Cc1ccc(-c2ccccc2C(=O)O)cc1. The molecule has 1 amide bonds. The van der Waals surface area contributed by atoms with E-state index >= 15 is 0 Å². The highest BCUT2D eigenvalue weighted by atomic mass is 16.4. The summed E-state index contributed by atoms with van der Waals surface area (Å²) in [6.07, 6.45) is 2.40. The summed E-state index contributed by atoms with van der Waals surface area (Å²) in [7, 11) is 0. The molecule has 0 aliphatic carbocycles. The predicted molar refractivity (Wildman–Crippen MR) is 123 cm³/mol. The molecule has 0 radical (unpaired) electrons. The Morgan fingerprint density at radius 2 is 1.75 bits per heavy atom. The minimum atomic E-state index is -0.994. The van der Waals surface area contributed by atoms with E-state index in [0.29, 0.717) is 17.7 Å². The first-order valence-electron chi connectivity index (χ1n) is 10.5. The van der Waals surface area contributed by atoms with Gasteiger partial charge < -0.3 is 20.1 Å². The molecule has 7 heteroatoms. The van der Waals surface area contributed by atoms with Crippen LogP contribution in [-0.2, 0) is 17.8 Å². The van der Waals surface area contributed by atoms with Crippen LogP contribution in [0.25, 0.3) is 11.1 Å². The molecule has 166 valence electrons. The molecular weight excluding hydrogens is 408 g/mol. The van der Waals surface area contributed by atoms with E-state index in [4.69, 9.17) is 0 Å². The molecule has 3 rings (SSSR count). The number of pyridine rings is 1. The van der Waals surface area contributed by atoms with Crippen LogP contribution >= 0.6 is 0 Å². The number of aryl methyl sites for hydroxylation is 1. The summed E-state index contributed by atoms with van der Waals surface area (Å²) in [5.74, 6) is -1.67. The number of nitrogens with one attached hydrogen (secondary N) is 1. The van der Waals surface area contributed by atoms with Gasteiger partial charge in [0.2, 0.25) is 5.91 Å². The lowest BCUT2D eigenvalue weighted by molar-refractivity contribution is -0.114. The molecule has 3 aromatic rings. The summed E-state index contributed by atoms with van der Waals surface area (Å²) in [6, 6.07) is 15.6. The molecule has 0 aliphatic heterocycles. The summed E-state index contributed by atoms with van der Waals surface area (Å²) < 4.78 is 1.56. The van der Waals surface area contributed by atoms with Crippen molar-refractivity contribution in [3.63, 3.8) is 0 Å². The number of aromatic hydroxyl groups is 1. The lowest BCUT2D eigenvalue weighted by Gasteiger charge is -2.16. The molecule has 0 bridgehead atoms. The van der Waals surface area contributed by atoms with Gasteiger partial charge in [0.1, 0.15) is 11.4 Å². The van der Waals surface area contributed by atoms with Gasteiger partial charge in [-0.3, -0.25) is 9.59 Å². The number of carbonyl (C=O) groups excluding carboxylic acids is 1. The van der Waals surface area contributed by atoms with Gasteiger partial charge in [-0.25, -0.2) is 4.79 Å². The van der Waals surface area contributed by atoms with Crippen LogP contribution in [-0.4, -0.2) is 26.7 Å². The monoisotopic (exact) mass is 434 g/mol. The van der Waals surface area contributed by atoms with E-state index < -0.39 is 17.4 Å². The van der Waals surface area contributed by atoms with Gasteiger partial charge in [0, 0.05) is 18.7 Å². The van der Waals surface area contributed by atoms with E-state index in [2.05, 4.69) is 5.32 Å². The molecule has 0 fully saturated rings. The number of unbranched alkanes of at least 4 members (excludes halogenated alkanes) is 1. The number of aromatic carboxylic acids is 1. The maximum atomic E-state index is 13.0. The fourth-order valence-electron chi connectivity index (χ4n) is 3.61. The van der Waals surface area contributed by atoms with Gasteiger partial charge in [-0.05, 0) is 35.6 Å². The van der Waals surface area contributed by atoms with Crippen LogP contribution in [0.1, 0.15) is 48.3 Å². The zero-order valence-electron chi connectivity index (χ0n) is 18.1. The van der Waals surface area contributed by atoms with Crippen molar-refractivity contribution in [3.8, 4) is 16.9 Å². The van der Waals surface area contributed by atoms with Gasteiger partial charge in [0.25, 0.3) is 5.56 Å². The van der Waals surface area contributed by atoms with Crippen molar-refractivity contribution in [1.82, 2.24) is 4.57 Å². The van der Waals surface area contributed by atoms with Gasteiger partial charge in [0.05, 0.1) is 12.1 Å². The van der Waals surface area contributed by atoms with E-state index in [1.807, 2.05) is 31.2 Å². The molecular formula is C25H26N2O5. The first kappa shape index (κ1) is 22.8. The Kier molecular flexibility index (Phi) is 7.10. The van der Waals surface area contributed by atoms with Crippen LogP contribution in [0.3, 0.4) is 0 Å². The van der Waals surface area contributed by atoms with Crippen molar-refractivity contribution >= 4 is 17.6 Å². The van der Waals surface area contributed by atoms with Gasteiger partial charge >= 0.3 is 5.97 Å². The Hall–Kier alpha value is -3.87. The standard InChI is InChI=1S/C25H26N2O5/c1-3-4-7-19-14-22(29)23(26-16(2)28)24(30)27(19)15-17-10-12-18(13-11-17)20-8-5-6-9-21(20)25(31)32/h5-6,8-14,29H,3-4,7,15H2,1-2H3,(H,26,28)(H,31,32). The number of amides is 1. The van der Waals surface area contributed by atoms with E-state index in [9.17, 15) is 24.6 Å². The number of carboxylic acid groups (broad SMARTS) is 1. The molecule has 1 heterocycles. The van der Waals surface area contributed by atoms with Crippen LogP contribution in [0.2, 0.25) is 0 Å². The molecule has 32 heavy (non-hydrogen) atoms. The number of benzene rings is 2. The zero-order valence-corrected chi connectivity index (χ0v) is 18.1. The van der Waals surface area contributed by atoms with Crippen molar-refractivity contribution in [1.29, 1.82) is 0 Å². The minimum absolute atomic E-state index is 0.134. The number of rotatable bonds is 8. The lowest BCUT2D eigenvalue weighted by atomic mass is 9.98. The summed E-state index contributed by atoms with van der Waals surface area (Å²) in [6.45, 7) is 3.58. The second kappa shape index (κ2) is 9.96. The Labute approximate surface area is 186 Å². The number of hydrogen-bond donors (Lipinski definition) is 3. The lowest BCUT2D eigenvalue weighted by Crippen LogP contribution is -2.28. The maximum Gasteiger partial charge on any atom is 0.336 e. The molecule has 0 atom stereocenters. The highest BCUT2D eigenvalue weighted by Gasteiger charge is 2.16. The van der Waals surface area contributed by atoms with E-state index in [1.54, 1.807) is 28.8 Å². The summed E-state index contributed by atoms with van der Waals surface area (Å²) >= 11 is 0. The van der Waals surface area contributed by atoms with Crippen LogP contribution in [0.15, 0.2) is 59.4 Å². The number of carbonyl (C=O) groups is 2. The number of carboxylic acids is 1. The normalized spacial score (nSPS) is 10.7. The molecule has 3 N–H and O–H groups in total. The van der Waals surface area contributed by atoms with E-state index in [1.165, 1.54) is 13.0 Å². The van der Waals surface area contributed by atoms with Crippen LogP contribution in [0.5, 0.6) is 5.75 Å². The van der Waals surface area contributed by atoms with Gasteiger partial charge in [-0.15, -0.1) is 0 Å². The molecule has 0 spiro atoms. The number of anilines is 1. The smallest absolute Gasteiger partial charge is 0.336 e. The Balaban J connectivity index is 1.98. The fraction of sp³-hybridized carbons (Fsp3) is 0.240. The molecule has 0 unspecified atom stereocenters. The molecule has 0 saturated carbocycles. The average molecular weight is 434 g/mol. The molecule has 1 aromatic heterocycles. The van der Waals surface area contributed by atoms with E-state index in [-0.39, 0.29) is 23.5 Å². The molecule has 0 aliphatic rings. The Morgan fingerprint density at radius 3 is 2.38 bits per heavy atom. The van der Waals surface area contributed by atoms with Gasteiger partial charge in [-0.1, -0.05) is 55.8 Å². The fourth-order valence-corrected chi connectivity index (χ4v) is 3.61. The van der Waals surface area contributed by atoms with Crippen molar-refractivity contribution in [2.75, 3.05) is 5.32 Å². The minimum Gasteiger partial charge on any atom is -0.505 e. The number of nitrogens with zero attached hydrogens (tertiary/aromatic N) is 1. The van der Waals surface area contributed by atoms with Crippen molar-refractivity contribution < 1.29 is 19.8 Å². The van der Waals surface area contributed by atoms with E-state index in [0.717, 1.165) is 24.0 Å². The van der Waals surface area contributed by atoms with Gasteiger partial charge in [0.15, 0.2) is 0 Å². The molecule has 2 aromatic carbocycles. The third-order valence-corrected chi connectivity index (χ3v) is 5.22. The van der Waals surface area contributed by atoms with Crippen LogP contribution in [0.4, 0.5) is 5.69 Å². The average Bonchev–Trinajstić information content (AvgIpc) is 2.77. The van der Waals surface area contributed by atoms with Crippen molar-refractivity contribution in [2.24, 2.45) is 0 Å². The third-order valence-electron chi connectivity index (χ3n) is 5.22.